The first-order valence-corrected chi connectivity index (χ1v) is 16.3. The van der Waals surface area contributed by atoms with Gasteiger partial charge in [0.1, 0.15) is 34.9 Å². The van der Waals surface area contributed by atoms with Crippen LogP contribution in [0, 0.1) is 0 Å². The summed E-state index contributed by atoms with van der Waals surface area (Å²) in [5.74, 6) is 0.0392. The Bertz CT molecular complexity index is 1740. The molecular formula is C34H34F2N4O6S. The number of anilines is 2. The molecule has 1 spiro atoms. The van der Waals surface area contributed by atoms with Crippen molar-refractivity contribution < 1.29 is 37.6 Å². The molecule has 3 aliphatic heterocycles. The van der Waals surface area contributed by atoms with Crippen molar-refractivity contribution in [2.75, 3.05) is 49.8 Å². The highest BCUT2D eigenvalue weighted by atomic mass is 32.1. The third-order valence-corrected chi connectivity index (χ3v) is 10.1. The standard InChI is InChI=1S/C34H34F2N4O6S/c1-20-34(18-44-19-34)45-10-9-39(20)28-12-22(21-5-7-24(43-2)8-6-21)16-37-32(28)46-25-15-29(33(41)42)40(17-25)23-13-26(30-4-3-11-47-30)38-27(14-23)31(35)36/h3-8,11-14,16,20,25,29,31H,9-10,15,17-19H2,1-2H3,(H,41,42)/t20-,25-,29-/m0/s1. The molecule has 7 rings (SSSR count). The normalized spacial score (nSPS) is 22.0. The van der Waals surface area contributed by atoms with E-state index in [1.807, 2.05) is 41.8 Å². The predicted molar refractivity (Wildman–Crippen MR) is 173 cm³/mol. The van der Waals surface area contributed by atoms with Gasteiger partial charge in [-0.2, -0.15) is 0 Å². The first-order chi connectivity index (χ1) is 22.7. The monoisotopic (exact) mass is 664 g/mol. The summed E-state index contributed by atoms with van der Waals surface area (Å²) in [6.07, 6.45) is -1.53. The van der Waals surface area contributed by atoms with Crippen molar-refractivity contribution in [1.82, 2.24) is 9.97 Å². The van der Waals surface area contributed by atoms with Gasteiger partial charge < -0.3 is 33.9 Å². The summed E-state index contributed by atoms with van der Waals surface area (Å²) in [6, 6.07) is 15.2. The van der Waals surface area contributed by atoms with E-state index >= 15 is 0 Å². The third-order valence-electron chi connectivity index (χ3n) is 9.19. The van der Waals surface area contributed by atoms with Gasteiger partial charge in [-0.1, -0.05) is 18.2 Å². The van der Waals surface area contributed by atoms with E-state index in [9.17, 15) is 18.7 Å². The molecule has 3 saturated heterocycles. The number of halogens is 2. The van der Waals surface area contributed by atoms with Crippen molar-refractivity contribution in [3.63, 3.8) is 0 Å². The van der Waals surface area contributed by atoms with E-state index in [0.717, 1.165) is 22.6 Å². The molecule has 0 unspecified atom stereocenters. The molecule has 3 aromatic heterocycles. The van der Waals surface area contributed by atoms with Gasteiger partial charge in [-0.25, -0.2) is 23.5 Å². The molecule has 4 aromatic rings. The van der Waals surface area contributed by atoms with Gasteiger partial charge in [-0.3, -0.25) is 0 Å². The van der Waals surface area contributed by atoms with Crippen molar-refractivity contribution in [2.24, 2.45) is 0 Å². The lowest BCUT2D eigenvalue weighted by Crippen LogP contribution is -2.68. The maximum atomic E-state index is 14.0. The molecule has 0 bridgehead atoms. The minimum Gasteiger partial charge on any atom is -0.497 e. The van der Waals surface area contributed by atoms with Gasteiger partial charge in [0.05, 0.1) is 50.1 Å². The Labute approximate surface area is 274 Å². The fraction of sp³-hybridized carbons (Fsp3) is 0.382. The molecule has 0 saturated carbocycles. The number of pyridine rings is 2. The van der Waals surface area contributed by atoms with E-state index in [0.29, 0.717) is 48.5 Å². The number of nitrogens with zero attached hydrogens (tertiary/aromatic N) is 4. The maximum absolute atomic E-state index is 14.0. The topological polar surface area (TPSA) is 106 Å². The molecule has 0 radical (unpaired) electrons. The highest BCUT2D eigenvalue weighted by Gasteiger charge is 2.50. The first-order valence-electron chi connectivity index (χ1n) is 15.4. The smallest absolute Gasteiger partial charge is 0.326 e. The number of carboxylic acid groups (broad SMARTS) is 1. The molecule has 3 fully saturated rings. The molecule has 1 aromatic carbocycles. The molecule has 1 N–H and O–H groups in total. The fourth-order valence-electron chi connectivity index (χ4n) is 6.51. The van der Waals surface area contributed by atoms with Crippen LogP contribution in [0.2, 0.25) is 0 Å². The van der Waals surface area contributed by atoms with Gasteiger partial charge in [-0.15, -0.1) is 11.3 Å². The molecule has 47 heavy (non-hydrogen) atoms. The molecular weight excluding hydrogens is 630 g/mol. The Morgan fingerprint density at radius 3 is 2.60 bits per heavy atom. The van der Waals surface area contributed by atoms with Crippen LogP contribution in [-0.2, 0) is 14.3 Å². The van der Waals surface area contributed by atoms with Crippen LogP contribution in [0.4, 0.5) is 20.2 Å². The second-order valence-corrected chi connectivity index (χ2v) is 12.9. The average Bonchev–Trinajstić information content (AvgIpc) is 3.76. The highest BCUT2D eigenvalue weighted by molar-refractivity contribution is 7.13. The van der Waals surface area contributed by atoms with Crippen LogP contribution in [-0.4, -0.2) is 84.9 Å². The number of benzene rings is 1. The lowest BCUT2D eigenvalue weighted by Gasteiger charge is -2.53. The van der Waals surface area contributed by atoms with Crippen LogP contribution >= 0.6 is 11.3 Å². The van der Waals surface area contributed by atoms with Gasteiger partial charge in [0.15, 0.2) is 0 Å². The zero-order valence-corrected chi connectivity index (χ0v) is 26.7. The summed E-state index contributed by atoms with van der Waals surface area (Å²) >= 11 is 1.38. The maximum Gasteiger partial charge on any atom is 0.326 e. The van der Waals surface area contributed by atoms with E-state index in [-0.39, 0.29) is 19.0 Å². The van der Waals surface area contributed by atoms with Gasteiger partial charge in [0, 0.05) is 30.4 Å². The molecule has 0 amide bonds. The largest absolute Gasteiger partial charge is 0.497 e. The molecule has 6 heterocycles. The Balaban J connectivity index is 1.22. The Hall–Kier alpha value is -4.33. The van der Waals surface area contributed by atoms with E-state index in [4.69, 9.17) is 23.9 Å². The number of morpholine rings is 1. The number of hydrogen-bond donors (Lipinski definition) is 1. The molecule has 3 aliphatic rings. The Kier molecular flexibility index (Phi) is 8.45. The summed E-state index contributed by atoms with van der Waals surface area (Å²) < 4.78 is 51.5. The van der Waals surface area contributed by atoms with E-state index in [1.54, 1.807) is 30.3 Å². The van der Waals surface area contributed by atoms with Crippen molar-refractivity contribution in [2.45, 2.75) is 43.6 Å². The first kappa shape index (κ1) is 31.3. The van der Waals surface area contributed by atoms with Crippen LogP contribution in [0.1, 0.15) is 25.5 Å². The number of thiophene rings is 1. The highest BCUT2D eigenvalue weighted by Crippen LogP contribution is 2.41. The lowest BCUT2D eigenvalue weighted by atomic mass is 9.90. The van der Waals surface area contributed by atoms with Gasteiger partial charge in [0.2, 0.25) is 5.88 Å². The van der Waals surface area contributed by atoms with Gasteiger partial charge in [-0.05, 0) is 54.3 Å². The van der Waals surface area contributed by atoms with Crippen molar-refractivity contribution in [1.29, 1.82) is 0 Å². The van der Waals surface area contributed by atoms with Crippen LogP contribution in [0.3, 0.4) is 0 Å². The van der Waals surface area contributed by atoms with Crippen LogP contribution < -0.4 is 19.3 Å². The van der Waals surface area contributed by atoms with Gasteiger partial charge >= 0.3 is 5.97 Å². The van der Waals surface area contributed by atoms with E-state index < -0.39 is 35.8 Å². The number of ether oxygens (including phenoxy) is 4. The number of hydrogen-bond acceptors (Lipinski definition) is 10. The number of carbonyl (C=O) groups is 1. The minimum absolute atomic E-state index is 0.0487. The lowest BCUT2D eigenvalue weighted by molar-refractivity contribution is -0.228. The number of methoxy groups -OCH3 is 1. The summed E-state index contributed by atoms with van der Waals surface area (Å²) in [5, 5.41) is 12.1. The molecule has 3 atom stereocenters. The van der Waals surface area contributed by atoms with Crippen molar-refractivity contribution >= 4 is 28.7 Å². The number of carboxylic acids is 1. The summed E-state index contributed by atoms with van der Waals surface area (Å²) in [5.41, 5.74) is 2.46. The van der Waals surface area contributed by atoms with Crippen molar-refractivity contribution in [3.05, 3.63) is 71.9 Å². The number of aromatic nitrogens is 2. The minimum atomic E-state index is -2.82. The molecule has 0 aliphatic carbocycles. The SMILES string of the molecule is COc1ccc(-c2cnc(O[C@H]3C[C@@H](C(=O)O)N(c4cc(-c5cccs5)nc(C(F)F)c4)C3)c(N3CCOC4(COC4)[C@@H]3C)c2)cc1. The second kappa shape index (κ2) is 12.7. The number of alkyl halides is 2. The second-order valence-electron chi connectivity index (χ2n) is 11.9. The van der Waals surface area contributed by atoms with Crippen LogP contribution in [0.5, 0.6) is 11.6 Å². The summed E-state index contributed by atoms with van der Waals surface area (Å²) in [4.78, 5) is 26.0. The predicted octanol–water partition coefficient (Wildman–Crippen LogP) is 5.92. The van der Waals surface area contributed by atoms with Crippen LogP contribution in [0.15, 0.2) is 66.2 Å². The van der Waals surface area contributed by atoms with E-state index in [1.165, 1.54) is 17.4 Å². The number of rotatable bonds is 9. The zero-order valence-electron chi connectivity index (χ0n) is 25.8. The number of aliphatic carboxylic acids is 1. The molecule has 10 nitrogen and oxygen atoms in total. The van der Waals surface area contributed by atoms with E-state index in [2.05, 4.69) is 16.8 Å². The fourth-order valence-corrected chi connectivity index (χ4v) is 7.19. The molecule has 246 valence electrons. The third kappa shape index (κ3) is 5.99. The zero-order chi connectivity index (χ0) is 32.7. The quantitative estimate of drug-likeness (QED) is 0.232. The van der Waals surface area contributed by atoms with Crippen molar-refractivity contribution in [3.8, 4) is 33.3 Å². The Morgan fingerprint density at radius 1 is 1.13 bits per heavy atom. The molecule has 13 heteroatoms. The summed E-state index contributed by atoms with van der Waals surface area (Å²) in [7, 11) is 1.62. The average molecular weight is 665 g/mol. The summed E-state index contributed by atoms with van der Waals surface area (Å²) in [6.45, 7) is 4.33. The van der Waals surface area contributed by atoms with Crippen LogP contribution in [0.25, 0.3) is 21.7 Å². The van der Waals surface area contributed by atoms with Gasteiger partial charge in [0.25, 0.3) is 6.43 Å². The Morgan fingerprint density at radius 2 is 1.94 bits per heavy atom.